The maximum atomic E-state index is 5.86. The highest BCUT2D eigenvalue weighted by atomic mass is 16.5. The fraction of sp³-hybridized carbons (Fsp3) is 0.625. The summed E-state index contributed by atoms with van der Waals surface area (Å²) in [4.78, 5) is 4.76. The van der Waals surface area contributed by atoms with Gasteiger partial charge in [0.1, 0.15) is 18.1 Å². The van der Waals surface area contributed by atoms with Crippen molar-refractivity contribution in [1.82, 2.24) is 9.80 Å². The van der Waals surface area contributed by atoms with Crippen molar-refractivity contribution in [2.45, 2.75) is 13.0 Å². The Bertz CT molecular complexity index is 410. The summed E-state index contributed by atoms with van der Waals surface area (Å²) < 4.78 is 11.2. The molecule has 5 nitrogen and oxygen atoms in total. The van der Waals surface area contributed by atoms with Gasteiger partial charge in [0.15, 0.2) is 0 Å². The molecule has 1 aliphatic rings. The van der Waals surface area contributed by atoms with Crippen molar-refractivity contribution in [3.63, 3.8) is 0 Å². The summed E-state index contributed by atoms with van der Waals surface area (Å²) in [5.74, 6) is 1.77. The van der Waals surface area contributed by atoms with Gasteiger partial charge < -0.3 is 20.1 Å². The van der Waals surface area contributed by atoms with E-state index < -0.39 is 0 Å². The van der Waals surface area contributed by atoms with E-state index in [0.29, 0.717) is 25.8 Å². The molecule has 0 spiro atoms. The molecule has 118 valence electrons. The van der Waals surface area contributed by atoms with Crippen molar-refractivity contribution in [2.24, 2.45) is 5.73 Å². The molecule has 21 heavy (non-hydrogen) atoms. The van der Waals surface area contributed by atoms with Crippen molar-refractivity contribution in [3.05, 3.63) is 24.3 Å². The second-order valence-electron chi connectivity index (χ2n) is 5.44. The fourth-order valence-electron chi connectivity index (χ4n) is 2.65. The van der Waals surface area contributed by atoms with Gasteiger partial charge in [-0.3, -0.25) is 4.90 Å². The average Bonchev–Trinajstić information content (AvgIpc) is 2.50. The predicted octanol–water partition coefficient (Wildman–Crippen LogP) is 1.04. The molecular weight excluding hydrogens is 266 g/mol. The second kappa shape index (κ2) is 8.22. The van der Waals surface area contributed by atoms with Crippen LogP contribution >= 0.6 is 0 Å². The molecule has 1 atom stereocenters. The maximum Gasteiger partial charge on any atom is 0.119 e. The number of ether oxygens (including phenoxy) is 2. The highest BCUT2D eigenvalue weighted by molar-refractivity contribution is 5.31. The number of rotatable bonds is 7. The Balaban J connectivity index is 1.75. The third-order valence-electron chi connectivity index (χ3n) is 3.86. The number of hydrogen-bond acceptors (Lipinski definition) is 5. The van der Waals surface area contributed by atoms with E-state index in [-0.39, 0.29) is 0 Å². The Morgan fingerprint density at radius 3 is 2.43 bits per heavy atom. The highest BCUT2D eigenvalue weighted by Gasteiger charge is 2.23. The first-order valence-electron chi connectivity index (χ1n) is 7.71. The molecule has 1 unspecified atom stereocenters. The summed E-state index contributed by atoms with van der Waals surface area (Å²) in [5.41, 5.74) is 5.86. The molecule has 1 saturated heterocycles. The van der Waals surface area contributed by atoms with Crippen LogP contribution in [-0.2, 0) is 0 Å². The van der Waals surface area contributed by atoms with Crippen molar-refractivity contribution in [1.29, 1.82) is 0 Å². The van der Waals surface area contributed by atoms with Crippen molar-refractivity contribution < 1.29 is 9.47 Å². The molecular formula is C16H27N3O2. The number of likely N-dealkylation sites (N-methyl/N-ethyl adjacent to an activating group) is 1. The van der Waals surface area contributed by atoms with Crippen LogP contribution in [0.4, 0.5) is 0 Å². The van der Waals surface area contributed by atoms with Crippen LogP contribution in [0.2, 0.25) is 0 Å². The lowest BCUT2D eigenvalue weighted by Gasteiger charge is -2.39. The zero-order valence-electron chi connectivity index (χ0n) is 13.1. The van der Waals surface area contributed by atoms with Crippen molar-refractivity contribution >= 4 is 0 Å². The predicted molar refractivity (Wildman–Crippen MR) is 85.0 cm³/mol. The molecule has 0 saturated carbocycles. The SMILES string of the molecule is CCOc1ccc(OCCN2CCN(C)CC2CN)cc1. The van der Waals surface area contributed by atoms with E-state index in [0.717, 1.165) is 37.7 Å². The lowest BCUT2D eigenvalue weighted by Crippen LogP contribution is -2.55. The molecule has 5 heteroatoms. The van der Waals surface area contributed by atoms with Gasteiger partial charge in [0.25, 0.3) is 0 Å². The van der Waals surface area contributed by atoms with Crippen LogP contribution in [0.25, 0.3) is 0 Å². The lowest BCUT2D eigenvalue weighted by atomic mass is 10.2. The Labute approximate surface area is 127 Å². The minimum Gasteiger partial charge on any atom is -0.494 e. The summed E-state index contributed by atoms with van der Waals surface area (Å²) in [5, 5.41) is 0. The molecule has 0 bridgehead atoms. The normalized spacial score (nSPS) is 20.4. The van der Waals surface area contributed by atoms with Gasteiger partial charge >= 0.3 is 0 Å². The zero-order valence-corrected chi connectivity index (χ0v) is 13.1. The van der Waals surface area contributed by atoms with E-state index in [1.54, 1.807) is 0 Å². The standard InChI is InChI=1S/C16H27N3O2/c1-3-20-15-4-6-16(7-5-15)21-11-10-19-9-8-18(2)13-14(19)12-17/h4-7,14H,3,8-13,17H2,1-2H3. The second-order valence-corrected chi connectivity index (χ2v) is 5.44. The smallest absolute Gasteiger partial charge is 0.119 e. The summed E-state index contributed by atoms with van der Waals surface area (Å²) in [6.45, 7) is 8.17. The van der Waals surface area contributed by atoms with E-state index >= 15 is 0 Å². The minimum absolute atomic E-state index is 0.438. The number of nitrogens with zero attached hydrogens (tertiary/aromatic N) is 2. The van der Waals surface area contributed by atoms with Crippen LogP contribution in [0.3, 0.4) is 0 Å². The van der Waals surface area contributed by atoms with Crippen LogP contribution < -0.4 is 15.2 Å². The Morgan fingerprint density at radius 1 is 1.14 bits per heavy atom. The van der Waals surface area contributed by atoms with E-state index in [9.17, 15) is 0 Å². The van der Waals surface area contributed by atoms with Crippen LogP contribution in [0.1, 0.15) is 6.92 Å². The largest absolute Gasteiger partial charge is 0.494 e. The molecule has 2 rings (SSSR count). The molecule has 1 aliphatic heterocycles. The van der Waals surface area contributed by atoms with Gasteiger partial charge in [-0.15, -0.1) is 0 Å². The van der Waals surface area contributed by atoms with Gasteiger partial charge in [-0.05, 0) is 38.2 Å². The topological polar surface area (TPSA) is 51.0 Å². The quantitative estimate of drug-likeness (QED) is 0.814. The number of benzene rings is 1. The third kappa shape index (κ3) is 4.88. The molecule has 0 aromatic heterocycles. The lowest BCUT2D eigenvalue weighted by molar-refractivity contribution is 0.0807. The molecule has 1 aromatic rings. The van der Waals surface area contributed by atoms with E-state index in [4.69, 9.17) is 15.2 Å². The Morgan fingerprint density at radius 2 is 1.81 bits per heavy atom. The molecule has 1 fully saturated rings. The van der Waals surface area contributed by atoms with E-state index in [1.807, 2.05) is 31.2 Å². The van der Waals surface area contributed by atoms with Crippen molar-refractivity contribution in [3.8, 4) is 11.5 Å². The first-order chi connectivity index (χ1) is 10.2. The molecule has 0 amide bonds. The molecule has 1 heterocycles. The van der Waals surface area contributed by atoms with Crippen molar-refractivity contribution in [2.75, 3.05) is 53.0 Å². The molecule has 0 radical (unpaired) electrons. The van der Waals surface area contributed by atoms with Gasteiger partial charge in [-0.25, -0.2) is 0 Å². The van der Waals surface area contributed by atoms with Crippen LogP contribution in [0.15, 0.2) is 24.3 Å². The molecule has 2 N–H and O–H groups in total. The first kappa shape index (κ1) is 16.1. The monoisotopic (exact) mass is 293 g/mol. The van der Waals surface area contributed by atoms with Gasteiger partial charge in [-0.2, -0.15) is 0 Å². The summed E-state index contributed by atoms with van der Waals surface area (Å²) in [7, 11) is 2.15. The first-order valence-corrected chi connectivity index (χ1v) is 7.71. The molecule has 0 aliphatic carbocycles. The van der Waals surface area contributed by atoms with E-state index in [2.05, 4.69) is 16.8 Å². The third-order valence-corrected chi connectivity index (χ3v) is 3.86. The maximum absolute atomic E-state index is 5.86. The van der Waals surface area contributed by atoms with Crippen LogP contribution in [-0.4, -0.2) is 68.8 Å². The number of nitrogens with two attached hydrogens (primary N) is 1. The Kier molecular flexibility index (Phi) is 6.29. The van der Waals surface area contributed by atoms with Gasteiger partial charge in [0.05, 0.1) is 6.61 Å². The van der Waals surface area contributed by atoms with Gasteiger partial charge in [-0.1, -0.05) is 0 Å². The zero-order chi connectivity index (χ0) is 15.1. The Hall–Kier alpha value is -1.30. The van der Waals surface area contributed by atoms with Gasteiger partial charge in [0.2, 0.25) is 0 Å². The molecule has 1 aromatic carbocycles. The van der Waals surface area contributed by atoms with E-state index in [1.165, 1.54) is 0 Å². The summed E-state index contributed by atoms with van der Waals surface area (Å²) in [6, 6.07) is 8.23. The summed E-state index contributed by atoms with van der Waals surface area (Å²) >= 11 is 0. The number of hydrogen-bond donors (Lipinski definition) is 1. The fourth-order valence-corrected chi connectivity index (χ4v) is 2.65. The van der Waals surface area contributed by atoms with Crippen LogP contribution in [0, 0.1) is 0 Å². The average molecular weight is 293 g/mol. The minimum atomic E-state index is 0.438. The highest BCUT2D eigenvalue weighted by Crippen LogP contribution is 2.17. The van der Waals surface area contributed by atoms with Crippen LogP contribution in [0.5, 0.6) is 11.5 Å². The summed E-state index contributed by atoms with van der Waals surface area (Å²) in [6.07, 6.45) is 0. The number of piperazine rings is 1. The van der Waals surface area contributed by atoms with Gasteiger partial charge in [0, 0.05) is 38.8 Å².